The first-order chi connectivity index (χ1) is 7.69. The zero-order valence-corrected chi connectivity index (χ0v) is 10.2. The molecule has 0 aliphatic rings. The molecule has 0 radical (unpaired) electrons. The van der Waals surface area contributed by atoms with Crippen molar-refractivity contribution >= 4 is 0 Å². The summed E-state index contributed by atoms with van der Waals surface area (Å²) in [6.45, 7) is 5.38. The van der Waals surface area contributed by atoms with Gasteiger partial charge in [0.05, 0.1) is 12.6 Å². The molecule has 2 nitrogen and oxygen atoms in total. The van der Waals surface area contributed by atoms with Gasteiger partial charge in [0.15, 0.2) is 0 Å². The minimum absolute atomic E-state index is 0.0576. The molecule has 0 bridgehead atoms. The van der Waals surface area contributed by atoms with Crippen molar-refractivity contribution in [3.63, 3.8) is 0 Å². The third kappa shape index (κ3) is 3.58. The van der Waals surface area contributed by atoms with Crippen LogP contribution in [0.5, 0.6) is 0 Å². The Labute approximate surface area is 96.8 Å². The fourth-order valence-corrected chi connectivity index (χ4v) is 1.66. The van der Waals surface area contributed by atoms with Crippen molar-refractivity contribution < 1.29 is 9.13 Å². The summed E-state index contributed by atoms with van der Waals surface area (Å²) in [5, 5.41) is 3.15. The molecule has 0 amide bonds. The van der Waals surface area contributed by atoms with Gasteiger partial charge in [-0.1, -0.05) is 13.0 Å². The summed E-state index contributed by atoms with van der Waals surface area (Å²) in [7, 11) is 1.87. The standard InChI is InChI=1S/C13H20FNO/c1-4-7-16-9-13(15-3)12-8-11(14)6-5-10(12)2/h5-6,8,13,15H,4,7,9H2,1-3H3. The van der Waals surface area contributed by atoms with Crippen molar-refractivity contribution in [3.8, 4) is 0 Å². The van der Waals surface area contributed by atoms with Crippen molar-refractivity contribution in [2.24, 2.45) is 0 Å². The van der Waals surface area contributed by atoms with E-state index >= 15 is 0 Å². The SMILES string of the molecule is CCCOCC(NC)c1cc(F)ccc1C. The topological polar surface area (TPSA) is 21.3 Å². The summed E-state index contributed by atoms with van der Waals surface area (Å²) in [5.41, 5.74) is 2.06. The van der Waals surface area contributed by atoms with Crippen LogP contribution in [0, 0.1) is 12.7 Å². The maximum atomic E-state index is 13.2. The van der Waals surface area contributed by atoms with Gasteiger partial charge in [0.1, 0.15) is 5.82 Å². The average molecular weight is 225 g/mol. The van der Waals surface area contributed by atoms with Crippen molar-refractivity contribution in [1.29, 1.82) is 0 Å². The summed E-state index contributed by atoms with van der Waals surface area (Å²) in [6.07, 6.45) is 0.999. The Hall–Kier alpha value is -0.930. The Kier molecular flexibility index (Phi) is 5.43. The van der Waals surface area contributed by atoms with E-state index in [0.29, 0.717) is 6.61 Å². The summed E-state index contributed by atoms with van der Waals surface area (Å²) >= 11 is 0. The van der Waals surface area contributed by atoms with Gasteiger partial charge in [-0.15, -0.1) is 0 Å². The van der Waals surface area contributed by atoms with Gasteiger partial charge in [0.25, 0.3) is 0 Å². The van der Waals surface area contributed by atoms with Gasteiger partial charge < -0.3 is 10.1 Å². The highest BCUT2D eigenvalue weighted by atomic mass is 19.1. The van der Waals surface area contributed by atoms with E-state index in [0.717, 1.165) is 24.2 Å². The van der Waals surface area contributed by atoms with Crippen molar-refractivity contribution in [2.45, 2.75) is 26.3 Å². The van der Waals surface area contributed by atoms with Crippen molar-refractivity contribution in [1.82, 2.24) is 5.32 Å². The van der Waals surface area contributed by atoms with Crippen LogP contribution in [0.1, 0.15) is 30.5 Å². The van der Waals surface area contributed by atoms with E-state index in [4.69, 9.17) is 4.74 Å². The number of hydrogen-bond donors (Lipinski definition) is 1. The quantitative estimate of drug-likeness (QED) is 0.752. The van der Waals surface area contributed by atoms with Crippen LogP contribution in [-0.4, -0.2) is 20.3 Å². The van der Waals surface area contributed by atoms with Crippen LogP contribution >= 0.6 is 0 Å². The third-order valence-corrected chi connectivity index (χ3v) is 2.60. The maximum Gasteiger partial charge on any atom is 0.123 e. The van der Waals surface area contributed by atoms with Gasteiger partial charge in [-0.3, -0.25) is 0 Å². The number of nitrogens with one attached hydrogen (secondary N) is 1. The number of aryl methyl sites for hydroxylation is 1. The first-order valence-electron chi connectivity index (χ1n) is 5.70. The fraction of sp³-hybridized carbons (Fsp3) is 0.538. The van der Waals surface area contributed by atoms with Gasteiger partial charge in [-0.05, 0) is 43.7 Å². The Morgan fingerprint density at radius 1 is 1.44 bits per heavy atom. The second-order valence-corrected chi connectivity index (χ2v) is 3.92. The smallest absolute Gasteiger partial charge is 0.123 e. The molecule has 0 saturated heterocycles. The average Bonchev–Trinajstić information content (AvgIpc) is 2.28. The molecule has 0 fully saturated rings. The molecule has 0 aromatic heterocycles. The van der Waals surface area contributed by atoms with E-state index in [1.165, 1.54) is 6.07 Å². The van der Waals surface area contributed by atoms with Crippen LogP contribution < -0.4 is 5.32 Å². The van der Waals surface area contributed by atoms with Gasteiger partial charge in [0.2, 0.25) is 0 Å². The molecule has 1 aromatic carbocycles. The van der Waals surface area contributed by atoms with E-state index in [2.05, 4.69) is 12.2 Å². The number of hydrogen-bond acceptors (Lipinski definition) is 2. The number of likely N-dealkylation sites (N-methyl/N-ethyl adjacent to an activating group) is 1. The number of benzene rings is 1. The highest BCUT2D eigenvalue weighted by Gasteiger charge is 2.12. The van der Waals surface area contributed by atoms with Crippen LogP contribution in [0.4, 0.5) is 4.39 Å². The molecule has 0 aliphatic carbocycles. The highest BCUT2D eigenvalue weighted by Crippen LogP contribution is 2.19. The van der Waals surface area contributed by atoms with Crippen LogP contribution in [-0.2, 0) is 4.74 Å². The van der Waals surface area contributed by atoms with Crippen molar-refractivity contribution in [2.75, 3.05) is 20.3 Å². The Balaban J connectivity index is 2.73. The molecule has 3 heteroatoms. The molecule has 0 heterocycles. The molecule has 1 N–H and O–H groups in total. The lowest BCUT2D eigenvalue weighted by Gasteiger charge is -2.18. The zero-order valence-electron chi connectivity index (χ0n) is 10.2. The molecule has 0 aliphatic heterocycles. The Bertz CT molecular complexity index is 328. The van der Waals surface area contributed by atoms with Gasteiger partial charge in [-0.2, -0.15) is 0 Å². The second-order valence-electron chi connectivity index (χ2n) is 3.92. The van der Waals surface area contributed by atoms with E-state index in [1.807, 2.05) is 14.0 Å². The van der Waals surface area contributed by atoms with Crippen LogP contribution in [0.15, 0.2) is 18.2 Å². The summed E-state index contributed by atoms with van der Waals surface area (Å²) < 4.78 is 18.7. The Morgan fingerprint density at radius 2 is 2.19 bits per heavy atom. The highest BCUT2D eigenvalue weighted by molar-refractivity contribution is 5.29. The molecular formula is C13H20FNO. The van der Waals surface area contributed by atoms with E-state index in [-0.39, 0.29) is 11.9 Å². The normalized spacial score (nSPS) is 12.8. The van der Waals surface area contributed by atoms with Gasteiger partial charge in [0, 0.05) is 6.61 Å². The Morgan fingerprint density at radius 3 is 2.81 bits per heavy atom. The number of rotatable bonds is 6. The number of halogens is 1. The molecule has 1 rings (SSSR count). The molecule has 0 spiro atoms. The maximum absolute atomic E-state index is 13.2. The molecule has 0 saturated carbocycles. The predicted octanol–water partition coefficient (Wildman–Crippen LogP) is 2.82. The minimum Gasteiger partial charge on any atom is -0.379 e. The van der Waals surface area contributed by atoms with E-state index in [9.17, 15) is 4.39 Å². The van der Waals surface area contributed by atoms with E-state index in [1.54, 1.807) is 12.1 Å². The van der Waals surface area contributed by atoms with Crippen LogP contribution in [0.25, 0.3) is 0 Å². The van der Waals surface area contributed by atoms with Crippen LogP contribution in [0.3, 0.4) is 0 Å². The van der Waals surface area contributed by atoms with Gasteiger partial charge >= 0.3 is 0 Å². The number of ether oxygens (including phenoxy) is 1. The molecule has 90 valence electrons. The lowest BCUT2D eigenvalue weighted by molar-refractivity contribution is 0.114. The molecule has 1 atom stereocenters. The third-order valence-electron chi connectivity index (χ3n) is 2.60. The van der Waals surface area contributed by atoms with Crippen LogP contribution in [0.2, 0.25) is 0 Å². The summed E-state index contributed by atoms with van der Waals surface area (Å²) in [6, 6.07) is 4.92. The predicted molar refractivity (Wildman–Crippen MR) is 64.0 cm³/mol. The monoisotopic (exact) mass is 225 g/mol. The first kappa shape index (κ1) is 13.1. The van der Waals surface area contributed by atoms with Gasteiger partial charge in [-0.25, -0.2) is 4.39 Å². The lowest BCUT2D eigenvalue weighted by Crippen LogP contribution is -2.23. The zero-order chi connectivity index (χ0) is 12.0. The fourth-order valence-electron chi connectivity index (χ4n) is 1.66. The molecule has 1 aromatic rings. The van der Waals surface area contributed by atoms with Crippen molar-refractivity contribution in [3.05, 3.63) is 35.1 Å². The minimum atomic E-state index is -0.198. The second kappa shape index (κ2) is 6.61. The lowest BCUT2D eigenvalue weighted by atomic mass is 10.0. The summed E-state index contributed by atoms with van der Waals surface area (Å²) in [5.74, 6) is -0.198. The first-order valence-corrected chi connectivity index (χ1v) is 5.70. The molecular weight excluding hydrogens is 205 g/mol. The summed E-state index contributed by atoms with van der Waals surface area (Å²) in [4.78, 5) is 0. The largest absolute Gasteiger partial charge is 0.379 e. The van der Waals surface area contributed by atoms with E-state index < -0.39 is 0 Å². The molecule has 16 heavy (non-hydrogen) atoms. The molecule has 1 unspecified atom stereocenters.